The van der Waals surface area contributed by atoms with E-state index < -0.39 is 35.6 Å². The fourth-order valence-electron chi connectivity index (χ4n) is 7.45. The van der Waals surface area contributed by atoms with Crippen molar-refractivity contribution in [3.05, 3.63) is 89.2 Å². The molecule has 314 valence electrons. The second-order valence-electron chi connectivity index (χ2n) is 15.2. The van der Waals surface area contributed by atoms with E-state index >= 15 is 0 Å². The summed E-state index contributed by atoms with van der Waals surface area (Å²) in [6.07, 6.45) is 4.89. The summed E-state index contributed by atoms with van der Waals surface area (Å²) in [5, 5.41) is 17.5. The van der Waals surface area contributed by atoms with Crippen molar-refractivity contribution in [1.82, 2.24) is 31.1 Å². The Morgan fingerprint density at radius 3 is 2.19 bits per heavy atom. The molecule has 3 aromatic carbocycles. The third-order valence-corrected chi connectivity index (χ3v) is 11.1. The summed E-state index contributed by atoms with van der Waals surface area (Å²) < 4.78 is 61.0. The minimum atomic E-state index is -5.21. The lowest BCUT2D eigenvalue weighted by Gasteiger charge is -2.28. The molecule has 1 aromatic heterocycles. The van der Waals surface area contributed by atoms with Crippen LogP contribution in [-0.4, -0.2) is 83.6 Å². The molecule has 0 unspecified atom stereocenters. The number of nitrogens with zero attached hydrogens (tertiary/aromatic N) is 2. The van der Waals surface area contributed by atoms with Crippen LogP contribution in [0.3, 0.4) is 0 Å². The number of anilines is 1. The van der Waals surface area contributed by atoms with Gasteiger partial charge in [0.2, 0.25) is 17.6 Å². The lowest BCUT2D eigenvalue weighted by Crippen LogP contribution is -2.48. The fourth-order valence-corrected chi connectivity index (χ4v) is 7.45. The maximum Gasteiger partial charge on any atom is 0.412 e. The number of benzene rings is 3. The molecule has 1 saturated heterocycles. The summed E-state index contributed by atoms with van der Waals surface area (Å²) in [6.45, 7) is 4.26. The van der Waals surface area contributed by atoms with Crippen molar-refractivity contribution in [3.8, 4) is 22.5 Å². The van der Waals surface area contributed by atoms with E-state index in [1.54, 1.807) is 5.10 Å². The molecule has 2 fully saturated rings. The highest BCUT2D eigenvalue weighted by atomic mass is 19.3. The number of carbonyl (C=O) groups is 4. The van der Waals surface area contributed by atoms with Crippen LogP contribution in [0.1, 0.15) is 65.8 Å². The number of H-pyrrole nitrogens is 1. The van der Waals surface area contributed by atoms with Crippen LogP contribution in [0, 0.1) is 18.8 Å². The molecule has 3 amide bonds. The molecule has 0 spiro atoms. The van der Waals surface area contributed by atoms with Gasteiger partial charge in [-0.1, -0.05) is 30.3 Å². The smallest absolute Gasteiger partial charge is 0.412 e. The second-order valence-corrected chi connectivity index (χ2v) is 15.2. The van der Waals surface area contributed by atoms with E-state index in [0.717, 1.165) is 61.0 Å². The van der Waals surface area contributed by atoms with Crippen molar-refractivity contribution in [1.29, 1.82) is 0 Å². The molecule has 1 aliphatic heterocycles. The maximum absolute atomic E-state index is 14.5. The first-order valence-corrected chi connectivity index (χ1v) is 19.6. The molecule has 4 aromatic rings. The minimum Gasteiger partial charge on any atom is -0.464 e. The maximum atomic E-state index is 14.5. The van der Waals surface area contributed by atoms with E-state index in [1.165, 1.54) is 24.3 Å². The SMILES string of the molecule is COC(=O)C(F)(F)C(F)(F)c1nc(-c2ccc(NC(=O)[C@H](Cc3ccc(-c4ccc(C(=O)NC5CCNCC5)cc4C)cc3)NC(=O)C3CCC(CN)CC3)cc2)n[nH]1. The highest BCUT2D eigenvalue weighted by Crippen LogP contribution is 2.42. The van der Waals surface area contributed by atoms with Crippen LogP contribution in [0.5, 0.6) is 0 Å². The van der Waals surface area contributed by atoms with Crippen LogP contribution >= 0.6 is 0 Å². The van der Waals surface area contributed by atoms with Gasteiger partial charge in [0.15, 0.2) is 5.82 Å². The summed E-state index contributed by atoms with van der Waals surface area (Å²) in [5.74, 6) is -15.3. The number of carbonyl (C=O) groups excluding carboxylic acids is 4. The van der Waals surface area contributed by atoms with Gasteiger partial charge < -0.3 is 31.7 Å². The number of hydrogen-bond acceptors (Lipinski definition) is 9. The molecular weight excluding hydrogens is 773 g/mol. The monoisotopic (exact) mass is 820 g/mol. The average molecular weight is 821 g/mol. The Bertz CT molecular complexity index is 2120. The lowest BCUT2D eigenvalue weighted by molar-refractivity contribution is -0.233. The standard InChI is InChI=1S/C42H48F4N8O5/c1-24-21-30(37(56)49-32-17-19-48-20-18-32)13-16-33(24)27-7-3-25(4-8-27)22-34(51-36(55)29-9-5-26(23-47)6-10-29)38(57)50-31-14-11-28(12-15-31)35-52-39(54-53-35)41(43,44)42(45,46)40(58)59-2/h3-4,7-8,11-16,21,26,29,32,34,48H,5-6,9-10,17-20,22-23,47H2,1-2H3,(H,49,56)(H,50,57)(H,51,55)(H,52,53,54)/t26?,29?,34-/m0/s1. The first-order valence-electron chi connectivity index (χ1n) is 19.6. The molecule has 0 bridgehead atoms. The third-order valence-electron chi connectivity index (χ3n) is 11.1. The zero-order valence-corrected chi connectivity index (χ0v) is 32.8. The Morgan fingerprint density at radius 1 is 0.898 bits per heavy atom. The van der Waals surface area contributed by atoms with Gasteiger partial charge in [0.25, 0.3) is 5.91 Å². The van der Waals surface area contributed by atoms with Gasteiger partial charge in [-0.2, -0.15) is 22.7 Å². The van der Waals surface area contributed by atoms with E-state index in [1.807, 2.05) is 49.4 Å². The minimum absolute atomic E-state index is 0.101. The molecule has 0 radical (unpaired) electrons. The molecule has 1 atom stereocenters. The van der Waals surface area contributed by atoms with Crippen molar-refractivity contribution in [2.24, 2.45) is 17.6 Å². The Labute approximate surface area is 338 Å². The Hall–Kier alpha value is -5.68. The first kappa shape index (κ1) is 42.9. The van der Waals surface area contributed by atoms with E-state index in [9.17, 15) is 36.7 Å². The summed E-state index contributed by atoms with van der Waals surface area (Å²) >= 11 is 0. The molecule has 2 heterocycles. The number of aromatic nitrogens is 3. The summed E-state index contributed by atoms with van der Waals surface area (Å²) in [6, 6.07) is 18.1. The summed E-state index contributed by atoms with van der Waals surface area (Å²) in [5.41, 5.74) is 10.4. The highest BCUT2D eigenvalue weighted by Gasteiger charge is 2.66. The van der Waals surface area contributed by atoms with Crippen molar-refractivity contribution in [2.75, 3.05) is 32.1 Å². The van der Waals surface area contributed by atoms with E-state index in [4.69, 9.17) is 5.73 Å². The fraction of sp³-hybridized carbons (Fsp3) is 0.429. The van der Waals surface area contributed by atoms with Crippen LogP contribution in [0.4, 0.5) is 23.2 Å². The molecule has 1 saturated carbocycles. The number of hydrogen-bond donors (Lipinski definition) is 6. The number of esters is 1. The van der Waals surface area contributed by atoms with Gasteiger partial charge in [-0.25, -0.2) is 9.78 Å². The number of amides is 3. The Morgan fingerprint density at radius 2 is 1.56 bits per heavy atom. The van der Waals surface area contributed by atoms with Crippen molar-refractivity contribution < 1.29 is 41.5 Å². The van der Waals surface area contributed by atoms with Crippen molar-refractivity contribution >= 4 is 29.4 Å². The molecule has 17 heteroatoms. The number of halogens is 4. The van der Waals surface area contributed by atoms with Crippen LogP contribution < -0.4 is 27.0 Å². The highest BCUT2D eigenvalue weighted by molar-refractivity contribution is 5.98. The number of alkyl halides is 4. The van der Waals surface area contributed by atoms with Crippen LogP contribution in [-0.2, 0) is 31.5 Å². The van der Waals surface area contributed by atoms with E-state index in [2.05, 4.69) is 36.1 Å². The first-order chi connectivity index (χ1) is 28.2. The molecular formula is C42H48F4N8O5. The van der Waals surface area contributed by atoms with Gasteiger partial charge in [-0.15, -0.1) is 0 Å². The molecule has 2 aliphatic rings. The van der Waals surface area contributed by atoms with Gasteiger partial charge in [0.05, 0.1) is 7.11 Å². The summed E-state index contributed by atoms with van der Waals surface area (Å²) in [4.78, 5) is 55.1. The normalized spacial score (nSPS) is 18.1. The summed E-state index contributed by atoms with van der Waals surface area (Å²) in [7, 11) is 0.558. The van der Waals surface area contributed by atoms with Gasteiger partial charge in [0, 0.05) is 35.2 Å². The van der Waals surface area contributed by atoms with Gasteiger partial charge >= 0.3 is 17.8 Å². The average Bonchev–Trinajstić information content (AvgIpc) is 3.75. The molecule has 7 N–H and O–H groups in total. The number of rotatable bonds is 14. The Kier molecular flexibility index (Phi) is 13.5. The lowest BCUT2D eigenvalue weighted by atomic mass is 9.81. The van der Waals surface area contributed by atoms with Crippen molar-refractivity contribution in [2.45, 2.75) is 75.8 Å². The number of ether oxygens (including phenoxy) is 1. The van der Waals surface area contributed by atoms with E-state index in [0.29, 0.717) is 43.7 Å². The number of piperidine rings is 1. The van der Waals surface area contributed by atoms with Gasteiger partial charge in [0.1, 0.15) is 6.04 Å². The Balaban J connectivity index is 1.15. The third kappa shape index (κ3) is 9.96. The molecule has 13 nitrogen and oxygen atoms in total. The number of nitrogens with one attached hydrogen (secondary N) is 5. The second kappa shape index (κ2) is 18.5. The molecule has 59 heavy (non-hydrogen) atoms. The predicted molar refractivity (Wildman–Crippen MR) is 211 cm³/mol. The van der Waals surface area contributed by atoms with Gasteiger partial charge in [-0.3, -0.25) is 19.5 Å². The number of aromatic amines is 1. The quantitative estimate of drug-likeness (QED) is 0.0728. The molecule has 1 aliphatic carbocycles. The topological polar surface area (TPSA) is 193 Å². The zero-order valence-electron chi connectivity index (χ0n) is 32.8. The van der Waals surface area contributed by atoms with Crippen LogP contribution in [0.2, 0.25) is 0 Å². The van der Waals surface area contributed by atoms with Crippen LogP contribution in [0.15, 0.2) is 66.7 Å². The van der Waals surface area contributed by atoms with E-state index in [-0.39, 0.29) is 41.6 Å². The number of aryl methyl sites for hydroxylation is 1. The zero-order chi connectivity index (χ0) is 42.3. The molecule has 6 rings (SSSR count). The number of methoxy groups -OCH3 is 1. The largest absolute Gasteiger partial charge is 0.464 e. The number of nitrogens with two attached hydrogens (primary N) is 1. The van der Waals surface area contributed by atoms with Gasteiger partial charge in [-0.05, 0) is 130 Å². The van der Waals surface area contributed by atoms with Crippen molar-refractivity contribution in [3.63, 3.8) is 0 Å². The van der Waals surface area contributed by atoms with Crippen LogP contribution in [0.25, 0.3) is 22.5 Å². The predicted octanol–water partition coefficient (Wildman–Crippen LogP) is 5.26.